The van der Waals surface area contributed by atoms with Gasteiger partial charge in [0.15, 0.2) is 11.6 Å². The Balaban J connectivity index is 1.55. The molecule has 160 valence electrons. The lowest BCUT2D eigenvalue weighted by Gasteiger charge is -2.16. The Labute approximate surface area is 182 Å². The first-order chi connectivity index (χ1) is 14.9. The maximum Gasteiger partial charge on any atom is 0.411 e. The number of H-pyrrole nitrogens is 1. The Morgan fingerprint density at radius 3 is 2.84 bits per heavy atom. The molecule has 0 bridgehead atoms. The molecule has 1 aromatic carbocycles. The van der Waals surface area contributed by atoms with Crippen LogP contribution < -0.4 is 16.0 Å². The van der Waals surface area contributed by atoms with E-state index in [2.05, 4.69) is 25.9 Å². The third kappa shape index (κ3) is 4.72. The number of halogens is 1. The van der Waals surface area contributed by atoms with Gasteiger partial charge in [-0.2, -0.15) is 0 Å². The van der Waals surface area contributed by atoms with Crippen LogP contribution in [0.15, 0.2) is 46.7 Å². The summed E-state index contributed by atoms with van der Waals surface area (Å²) in [7, 11) is 0. The number of aromatic amines is 1. The Kier molecular flexibility index (Phi) is 5.68. The van der Waals surface area contributed by atoms with Crippen molar-refractivity contribution in [3.8, 4) is 11.4 Å². The van der Waals surface area contributed by atoms with E-state index in [1.54, 1.807) is 50.3 Å². The lowest BCUT2D eigenvalue weighted by atomic mass is 10.2. The fourth-order valence-electron chi connectivity index (χ4n) is 3.00. The zero-order valence-corrected chi connectivity index (χ0v) is 17.5. The van der Waals surface area contributed by atoms with E-state index in [4.69, 9.17) is 20.8 Å². The van der Waals surface area contributed by atoms with Gasteiger partial charge in [0.1, 0.15) is 5.82 Å². The summed E-state index contributed by atoms with van der Waals surface area (Å²) in [4.78, 5) is 31.8. The molecule has 0 unspecified atom stereocenters. The van der Waals surface area contributed by atoms with Gasteiger partial charge in [-0.3, -0.25) is 10.1 Å². The summed E-state index contributed by atoms with van der Waals surface area (Å²) >= 11 is 6.38. The number of furan rings is 1. The number of hydrogen-bond donors (Lipinski definition) is 4. The van der Waals surface area contributed by atoms with E-state index in [-0.39, 0.29) is 17.8 Å². The average Bonchev–Trinajstić information content (AvgIpc) is 3.38. The van der Waals surface area contributed by atoms with Gasteiger partial charge >= 0.3 is 6.09 Å². The number of nitrogens with zero attached hydrogens (tertiary/aromatic N) is 1. The summed E-state index contributed by atoms with van der Waals surface area (Å²) in [5, 5.41) is 9.07. The zero-order valence-electron chi connectivity index (χ0n) is 16.8. The second-order valence-electron chi connectivity index (χ2n) is 7.08. The highest BCUT2D eigenvalue weighted by Crippen LogP contribution is 2.32. The normalized spacial score (nSPS) is 12.6. The fraction of sp³-hybridized carbons (Fsp3) is 0.190. The summed E-state index contributed by atoms with van der Waals surface area (Å²) in [5.74, 6) is 0.971. The van der Waals surface area contributed by atoms with Gasteiger partial charge in [-0.05, 0) is 50.3 Å². The first-order valence-electron chi connectivity index (χ1n) is 9.56. The molecule has 0 saturated heterocycles. The molecular weight excluding hydrogens is 422 g/mol. The largest absolute Gasteiger partial charge is 0.459 e. The number of fused-ring (bicyclic) bond motifs is 1. The Morgan fingerprint density at radius 2 is 2.10 bits per heavy atom. The molecule has 0 spiro atoms. The van der Waals surface area contributed by atoms with Crippen LogP contribution in [0.2, 0.25) is 5.02 Å². The molecule has 2 aromatic heterocycles. The number of ether oxygens (including phenoxy) is 1. The van der Waals surface area contributed by atoms with Gasteiger partial charge in [0.05, 0.1) is 29.6 Å². The number of imidazole rings is 1. The third-order valence-corrected chi connectivity index (χ3v) is 4.66. The monoisotopic (exact) mass is 441 g/mol. The van der Waals surface area contributed by atoms with Gasteiger partial charge in [-0.1, -0.05) is 11.6 Å². The molecule has 4 rings (SSSR count). The van der Waals surface area contributed by atoms with E-state index in [1.807, 2.05) is 0 Å². The summed E-state index contributed by atoms with van der Waals surface area (Å²) in [6.07, 6.45) is 2.48. The molecule has 0 radical (unpaired) electrons. The number of nitrogens with one attached hydrogen (secondary N) is 4. The first-order valence-corrected chi connectivity index (χ1v) is 9.93. The van der Waals surface area contributed by atoms with Crippen LogP contribution in [0.5, 0.6) is 0 Å². The molecule has 2 amide bonds. The topological polar surface area (TPSA) is 121 Å². The maximum absolute atomic E-state index is 12.2. The number of benzene rings is 1. The lowest BCUT2D eigenvalue weighted by molar-refractivity contribution is 0.0996. The smallest absolute Gasteiger partial charge is 0.411 e. The van der Waals surface area contributed by atoms with Crippen LogP contribution >= 0.6 is 11.6 Å². The van der Waals surface area contributed by atoms with Crippen molar-refractivity contribution in [1.29, 1.82) is 0 Å². The van der Waals surface area contributed by atoms with Crippen molar-refractivity contribution in [2.24, 2.45) is 0 Å². The molecule has 0 atom stereocenters. The number of amides is 2. The highest BCUT2D eigenvalue weighted by atomic mass is 35.5. The van der Waals surface area contributed by atoms with E-state index < -0.39 is 6.09 Å². The van der Waals surface area contributed by atoms with E-state index in [0.717, 1.165) is 0 Å². The maximum atomic E-state index is 12.2. The minimum atomic E-state index is -0.519. The summed E-state index contributed by atoms with van der Waals surface area (Å²) in [6, 6.07) is 8.30. The number of carbonyl (C=O) groups excluding carboxylic acids is 2. The van der Waals surface area contributed by atoms with Crippen LogP contribution in [-0.2, 0) is 4.74 Å². The molecule has 0 saturated carbocycles. The van der Waals surface area contributed by atoms with Gasteiger partial charge < -0.3 is 24.8 Å². The molecule has 9 nitrogen and oxygen atoms in total. The molecule has 3 heterocycles. The van der Waals surface area contributed by atoms with Crippen LogP contribution in [0.3, 0.4) is 0 Å². The molecule has 10 heteroatoms. The van der Waals surface area contributed by atoms with E-state index in [0.29, 0.717) is 45.9 Å². The van der Waals surface area contributed by atoms with Gasteiger partial charge in [0.2, 0.25) is 0 Å². The second kappa shape index (κ2) is 8.57. The quantitative estimate of drug-likeness (QED) is 0.463. The second-order valence-corrected chi connectivity index (χ2v) is 7.48. The number of rotatable bonds is 5. The standard InChI is InChI=1S/C21H20ClN5O4/c1-11(2)31-21(29)25-13-9-16-19(23-10-13)27-18(26-16)14-8-12(5-6-15(14)22)24-20(28)17-4-3-7-30-17/h3-9,11,23H,10H2,1-2H3,(H,24,28)(H,25,29)(H,26,27). The first kappa shape index (κ1) is 20.5. The fourth-order valence-corrected chi connectivity index (χ4v) is 3.20. The predicted molar refractivity (Wildman–Crippen MR) is 117 cm³/mol. The van der Waals surface area contributed by atoms with Gasteiger partial charge in [0, 0.05) is 16.9 Å². The Hall–Kier alpha value is -3.72. The SMILES string of the molecule is CC(C)OC(=O)NC1=Cc2[nH]c(-c3cc(NC(=O)c4ccco4)ccc3Cl)nc2NC1. The van der Waals surface area contributed by atoms with Gasteiger partial charge in [-0.25, -0.2) is 9.78 Å². The summed E-state index contributed by atoms with van der Waals surface area (Å²) in [5.41, 5.74) is 2.47. The molecular formula is C21H20ClN5O4. The summed E-state index contributed by atoms with van der Waals surface area (Å²) < 4.78 is 10.2. The number of aromatic nitrogens is 2. The van der Waals surface area contributed by atoms with Crippen molar-refractivity contribution in [3.05, 3.63) is 58.8 Å². The highest BCUT2D eigenvalue weighted by molar-refractivity contribution is 6.33. The predicted octanol–water partition coefficient (Wildman–Crippen LogP) is 4.48. The third-order valence-electron chi connectivity index (χ3n) is 4.33. The van der Waals surface area contributed by atoms with E-state index >= 15 is 0 Å². The van der Waals surface area contributed by atoms with Crippen LogP contribution in [0.4, 0.5) is 16.3 Å². The minimum absolute atomic E-state index is 0.204. The van der Waals surface area contributed by atoms with Crippen LogP contribution in [0.1, 0.15) is 30.1 Å². The molecule has 1 aliphatic heterocycles. The average molecular weight is 442 g/mol. The molecule has 0 fully saturated rings. The van der Waals surface area contributed by atoms with Crippen LogP contribution in [-0.4, -0.2) is 34.6 Å². The van der Waals surface area contributed by atoms with Crippen LogP contribution in [0.25, 0.3) is 17.5 Å². The Bertz CT molecular complexity index is 1150. The lowest BCUT2D eigenvalue weighted by Crippen LogP contribution is -2.30. The number of alkyl carbamates (subject to hydrolysis) is 1. The highest BCUT2D eigenvalue weighted by Gasteiger charge is 2.19. The van der Waals surface area contributed by atoms with Gasteiger partial charge in [0.25, 0.3) is 5.91 Å². The van der Waals surface area contributed by atoms with Crippen molar-refractivity contribution < 1.29 is 18.7 Å². The van der Waals surface area contributed by atoms with Crippen molar-refractivity contribution in [2.75, 3.05) is 17.2 Å². The van der Waals surface area contributed by atoms with Crippen molar-refractivity contribution >= 4 is 41.2 Å². The number of hydrogen-bond acceptors (Lipinski definition) is 6. The number of carbonyl (C=O) groups is 2. The molecule has 1 aliphatic rings. The zero-order chi connectivity index (χ0) is 22.0. The van der Waals surface area contributed by atoms with E-state index in [1.165, 1.54) is 6.26 Å². The molecule has 3 aromatic rings. The number of anilines is 2. The summed E-state index contributed by atoms with van der Waals surface area (Å²) in [6.45, 7) is 3.94. The van der Waals surface area contributed by atoms with Crippen molar-refractivity contribution in [2.45, 2.75) is 20.0 Å². The van der Waals surface area contributed by atoms with Gasteiger partial charge in [-0.15, -0.1) is 0 Å². The van der Waals surface area contributed by atoms with Crippen molar-refractivity contribution in [1.82, 2.24) is 15.3 Å². The molecule has 4 N–H and O–H groups in total. The Morgan fingerprint density at radius 1 is 1.26 bits per heavy atom. The molecule has 0 aliphatic carbocycles. The minimum Gasteiger partial charge on any atom is -0.459 e. The van der Waals surface area contributed by atoms with E-state index in [9.17, 15) is 9.59 Å². The van der Waals surface area contributed by atoms with Crippen LogP contribution in [0, 0.1) is 0 Å². The van der Waals surface area contributed by atoms with Crippen molar-refractivity contribution in [3.63, 3.8) is 0 Å². The molecule has 31 heavy (non-hydrogen) atoms.